The summed E-state index contributed by atoms with van der Waals surface area (Å²) < 4.78 is 0. The van der Waals surface area contributed by atoms with Gasteiger partial charge in [-0.1, -0.05) is 54.1 Å². The van der Waals surface area contributed by atoms with Crippen molar-refractivity contribution in [2.75, 3.05) is 6.54 Å². The standard InChI is InChI=1S/C18H20ClNO2/c19-16-9-6-14(7-10-16)8-11-18(22)20-13-12-17(21)15-4-2-1-3-5-15/h1-7,9-10,17,21H,8,11-13H2,(H,20,22). The second kappa shape index (κ2) is 8.57. The number of nitrogens with one attached hydrogen (secondary N) is 1. The van der Waals surface area contributed by atoms with Gasteiger partial charge in [0.05, 0.1) is 6.10 Å². The van der Waals surface area contributed by atoms with Crippen molar-refractivity contribution in [2.24, 2.45) is 0 Å². The molecule has 0 radical (unpaired) electrons. The van der Waals surface area contributed by atoms with Gasteiger partial charge in [-0.3, -0.25) is 4.79 Å². The highest BCUT2D eigenvalue weighted by Gasteiger charge is 2.08. The Morgan fingerprint density at radius 1 is 1.09 bits per heavy atom. The molecule has 0 aliphatic heterocycles. The normalized spacial score (nSPS) is 11.9. The number of hydrogen-bond donors (Lipinski definition) is 2. The van der Waals surface area contributed by atoms with Crippen LogP contribution in [0.5, 0.6) is 0 Å². The summed E-state index contributed by atoms with van der Waals surface area (Å²) in [5, 5.41) is 13.5. The van der Waals surface area contributed by atoms with Crippen LogP contribution in [0.2, 0.25) is 5.02 Å². The van der Waals surface area contributed by atoms with Crippen LogP contribution in [0.4, 0.5) is 0 Å². The van der Waals surface area contributed by atoms with Gasteiger partial charge in [-0.15, -0.1) is 0 Å². The van der Waals surface area contributed by atoms with Gasteiger partial charge in [0.2, 0.25) is 5.91 Å². The maximum Gasteiger partial charge on any atom is 0.220 e. The summed E-state index contributed by atoms with van der Waals surface area (Å²) in [5.41, 5.74) is 1.96. The summed E-state index contributed by atoms with van der Waals surface area (Å²) in [6.45, 7) is 0.468. The van der Waals surface area contributed by atoms with E-state index < -0.39 is 6.10 Å². The van der Waals surface area contributed by atoms with E-state index in [4.69, 9.17) is 11.6 Å². The molecule has 0 bridgehead atoms. The predicted molar refractivity (Wildman–Crippen MR) is 88.8 cm³/mol. The lowest BCUT2D eigenvalue weighted by atomic mass is 10.1. The average molecular weight is 318 g/mol. The minimum absolute atomic E-state index is 0.00443. The Balaban J connectivity index is 1.66. The SMILES string of the molecule is O=C(CCc1ccc(Cl)cc1)NCCC(O)c1ccccc1. The largest absolute Gasteiger partial charge is 0.388 e. The van der Waals surface area contributed by atoms with E-state index in [9.17, 15) is 9.90 Å². The van der Waals surface area contributed by atoms with E-state index >= 15 is 0 Å². The van der Waals surface area contributed by atoms with Crippen LogP contribution in [0.15, 0.2) is 54.6 Å². The Morgan fingerprint density at radius 3 is 2.45 bits per heavy atom. The summed E-state index contributed by atoms with van der Waals surface area (Å²) >= 11 is 5.82. The van der Waals surface area contributed by atoms with Crippen LogP contribution in [0.3, 0.4) is 0 Å². The van der Waals surface area contributed by atoms with Crippen molar-refractivity contribution in [3.63, 3.8) is 0 Å². The second-order valence-electron chi connectivity index (χ2n) is 5.19. The lowest BCUT2D eigenvalue weighted by molar-refractivity contribution is -0.121. The molecule has 1 atom stereocenters. The molecule has 2 aromatic carbocycles. The van der Waals surface area contributed by atoms with Crippen molar-refractivity contribution in [3.05, 3.63) is 70.7 Å². The number of halogens is 1. The molecule has 116 valence electrons. The molecule has 0 saturated heterocycles. The van der Waals surface area contributed by atoms with Gasteiger partial charge in [0.15, 0.2) is 0 Å². The smallest absolute Gasteiger partial charge is 0.220 e. The third-order valence-corrected chi connectivity index (χ3v) is 3.73. The quantitative estimate of drug-likeness (QED) is 0.821. The molecule has 0 saturated carbocycles. The Bertz CT molecular complexity index is 584. The first-order valence-corrected chi connectivity index (χ1v) is 7.77. The first kappa shape index (κ1) is 16.5. The van der Waals surface area contributed by atoms with Crippen molar-refractivity contribution >= 4 is 17.5 Å². The number of benzene rings is 2. The van der Waals surface area contributed by atoms with Crippen LogP contribution >= 0.6 is 11.6 Å². The van der Waals surface area contributed by atoms with Crippen molar-refractivity contribution in [3.8, 4) is 0 Å². The molecule has 0 heterocycles. The predicted octanol–water partition coefficient (Wildman–Crippen LogP) is 3.51. The maximum absolute atomic E-state index is 11.8. The van der Waals surface area contributed by atoms with Crippen molar-refractivity contribution < 1.29 is 9.90 Å². The first-order valence-electron chi connectivity index (χ1n) is 7.39. The van der Waals surface area contributed by atoms with E-state index in [1.54, 1.807) is 0 Å². The number of carbonyl (C=O) groups excluding carboxylic acids is 1. The van der Waals surface area contributed by atoms with E-state index in [0.717, 1.165) is 11.1 Å². The van der Waals surface area contributed by atoms with Crippen LogP contribution in [0, 0.1) is 0 Å². The Labute approximate surface area is 135 Å². The number of hydrogen-bond acceptors (Lipinski definition) is 2. The molecule has 0 fully saturated rings. The average Bonchev–Trinajstić information content (AvgIpc) is 2.55. The van der Waals surface area contributed by atoms with Gasteiger partial charge in [-0.25, -0.2) is 0 Å². The molecule has 3 nitrogen and oxygen atoms in total. The number of aliphatic hydroxyl groups is 1. The monoisotopic (exact) mass is 317 g/mol. The third kappa shape index (κ3) is 5.51. The molecule has 4 heteroatoms. The van der Waals surface area contributed by atoms with E-state index in [1.165, 1.54) is 0 Å². The molecule has 0 aromatic heterocycles. The van der Waals surface area contributed by atoms with E-state index in [0.29, 0.717) is 30.8 Å². The Kier molecular flexibility index (Phi) is 6.44. The molecule has 0 aliphatic rings. The van der Waals surface area contributed by atoms with Gasteiger partial charge in [0, 0.05) is 18.0 Å². The molecule has 0 spiro atoms. The van der Waals surface area contributed by atoms with Gasteiger partial charge in [-0.2, -0.15) is 0 Å². The number of aryl methyl sites for hydroxylation is 1. The fourth-order valence-electron chi connectivity index (χ4n) is 2.19. The van der Waals surface area contributed by atoms with Crippen molar-refractivity contribution in [1.82, 2.24) is 5.32 Å². The van der Waals surface area contributed by atoms with Crippen LogP contribution in [-0.4, -0.2) is 17.6 Å². The molecule has 2 rings (SSSR count). The summed E-state index contributed by atoms with van der Waals surface area (Å²) in [4.78, 5) is 11.8. The number of rotatable bonds is 7. The molecule has 22 heavy (non-hydrogen) atoms. The highest BCUT2D eigenvalue weighted by Crippen LogP contribution is 2.15. The van der Waals surface area contributed by atoms with Crippen LogP contribution in [0.25, 0.3) is 0 Å². The van der Waals surface area contributed by atoms with Crippen molar-refractivity contribution in [1.29, 1.82) is 0 Å². The van der Waals surface area contributed by atoms with Crippen LogP contribution < -0.4 is 5.32 Å². The van der Waals surface area contributed by atoms with Gasteiger partial charge in [0.1, 0.15) is 0 Å². The minimum atomic E-state index is -0.544. The van der Waals surface area contributed by atoms with Gasteiger partial charge >= 0.3 is 0 Å². The molecular weight excluding hydrogens is 298 g/mol. The minimum Gasteiger partial charge on any atom is -0.388 e. The molecule has 2 N–H and O–H groups in total. The molecular formula is C18H20ClNO2. The number of amides is 1. The second-order valence-corrected chi connectivity index (χ2v) is 5.63. The van der Waals surface area contributed by atoms with Gasteiger partial charge in [-0.05, 0) is 36.1 Å². The summed E-state index contributed by atoms with van der Waals surface area (Å²) in [5.74, 6) is -0.00443. The summed E-state index contributed by atoms with van der Waals surface area (Å²) in [6, 6.07) is 17.0. The summed E-state index contributed by atoms with van der Waals surface area (Å²) in [7, 11) is 0. The molecule has 1 unspecified atom stereocenters. The topological polar surface area (TPSA) is 49.3 Å². The zero-order valence-electron chi connectivity index (χ0n) is 12.3. The number of aliphatic hydroxyl groups excluding tert-OH is 1. The Hall–Kier alpha value is -1.84. The van der Waals surface area contributed by atoms with E-state index in [1.807, 2.05) is 54.6 Å². The number of carbonyl (C=O) groups is 1. The van der Waals surface area contributed by atoms with Crippen molar-refractivity contribution in [2.45, 2.75) is 25.4 Å². The molecule has 2 aromatic rings. The Morgan fingerprint density at radius 2 is 1.77 bits per heavy atom. The zero-order chi connectivity index (χ0) is 15.8. The lowest BCUT2D eigenvalue weighted by Crippen LogP contribution is -2.25. The molecule has 1 amide bonds. The van der Waals surface area contributed by atoms with Gasteiger partial charge < -0.3 is 10.4 Å². The van der Waals surface area contributed by atoms with Crippen LogP contribution in [0.1, 0.15) is 30.1 Å². The highest BCUT2D eigenvalue weighted by molar-refractivity contribution is 6.30. The fourth-order valence-corrected chi connectivity index (χ4v) is 2.31. The third-order valence-electron chi connectivity index (χ3n) is 3.48. The maximum atomic E-state index is 11.8. The molecule has 0 aliphatic carbocycles. The zero-order valence-corrected chi connectivity index (χ0v) is 13.1. The summed E-state index contributed by atoms with van der Waals surface area (Å²) in [6.07, 6.45) is 1.09. The highest BCUT2D eigenvalue weighted by atomic mass is 35.5. The van der Waals surface area contributed by atoms with Crippen LogP contribution in [-0.2, 0) is 11.2 Å². The van der Waals surface area contributed by atoms with Gasteiger partial charge in [0.25, 0.3) is 0 Å². The fraction of sp³-hybridized carbons (Fsp3) is 0.278. The lowest BCUT2D eigenvalue weighted by Gasteiger charge is -2.11. The van der Waals surface area contributed by atoms with E-state index in [-0.39, 0.29) is 5.91 Å². The first-order chi connectivity index (χ1) is 10.6. The van der Waals surface area contributed by atoms with E-state index in [2.05, 4.69) is 5.32 Å².